The van der Waals surface area contributed by atoms with Gasteiger partial charge in [-0.25, -0.2) is 9.18 Å². The molecule has 0 saturated heterocycles. The predicted octanol–water partition coefficient (Wildman–Crippen LogP) is 2.29. The van der Waals surface area contributed by atoms with Crippen molar-refractivity contribution < 1.29 is 13.9 Å². The monoisotopic (exact) mass is 287 g/mol. The zero-order valence-electron chi connectivity index (χ0n) is 10.5. The van der Waals surface area contributed by atoms with Crippen molar-refractivity contribution >= 4 is 23.6 Å². The van der Waals surface area contributed by atoms with Gasteiger partial charge < -0.3 is 16.2 Å². The van der Waals surface area contributed by atoms with Gasteiger partial charge in [0.05, 0.1) is 6.04 Å². The second-order valence-electron chi connectivity index (χ2n) is 4.17. The number of nitrogens with one attached hydrogen (secondary N) is 1. The fourth-order valence-electron chi connectivity index (χ4n) is 1.81. The summed E-state index contributed by atoms with van der Waals surface area (Å²) in [7, 11) is 0. The number of carbonyl (C=O) groups excluding carboxylic acids is 1. The number of ether oxygens (including phenoxy) is 1. The maximum absolute atomic E-state index is 13.9. The molecule has 0 bridgehead atoms. The van der Waals surface area contributed by atoms with E-state index in [0.29, 0.717) is 10.6 Å². The van der Waals surface area contributed by atoms with E-state index >= 15 is 0 Å². The molecule has 1 aromatic rings. The summed E-state index contributed by atoms with van der Waals surface area (Å²) < 4.78 is 18.3. The topological polar surface area (TPSA) is 102 Å². The molecular formula is C12H15ClFN3O2. The zero-order valence-corrected chi connectivity index (χ0v) is 11.3. The first-order chi connectivity index (χ1) is 8.75. The van der Waals surface area contributed by atoms with E-state index in [1.165, 1.54) is 12.1 Å². The molecule has 0 spiro atoms. The molecule has 1 amide bonds. The number of hydrogen-bond donors (Lipinski definition) is 3. The highest BCUT2D eigenvalue weighted by atomic mass is 35.5. The van der Waals surface area contributed by atoms with Crippen LogP contribution in [-0.4, -0.2) is 18.0 Å². The van der Waals surface area contributed by atoms with Gasteiger partial charge >= 0.3 is 6.09 Å². The van der Waals surface area contributed by atoms with Crippen LogP contribution < -0.4 is 11.5 Å². The van der Waals surface area contributed by atoms with Gasteiger partial charge in [0, 0.05) is 10.9 Å². The Bertz CT molecular complexity index is 522. The molecule has 0 aromatic heterocycles. The van der Waals surface area contributed by atoms with Crippen molar-refractivity contribution in [1.29, 1.82) is 5.41 Å². The third-order valence-electron chi connectivity index (χ3n) is 2.90. The van der Waals surface area contributed by atoms with E-state index in [2.05, 4.69) is 4.74 Å². The Kier molecular flexibility index (Phi) is 4.85. The third-order valence-corrected chi connectivity index (χ3v) is 3.31. The highest BCUT2D eigenvalue weighted by molar-refractivity contribution is 6.31. The Morgan fingerprint density at radius 2 is 2.11 bits per heavy atom. The van der Waals surface area contributed by atoms with Crippen LogP contribution >= 0.6 is 11.6 Å². The number of carbonyl (C=O) groups is 1. The lowest BCUT2D eigenvalue weighted by atomic mass is 9.90. The smallest absolute Gasteiger partial charge is 0.394 e. The van der Waals surface area contributed by atoms with Gasteiger partial charge in [0.15, 0.2) is 0 Å². The summed E-state index contributed by atoms with van der Waals surface area (Å²) in [5, 5.41) is 7.90. The average Bonchev–Trinajstić information content (AvgIpc) is 2.32. The van der Waals surface area contributed by atoms with E-state index in [4.69, 9.17) is 28.5 Å². The molecule has 1 aromatic carbocycles. The van der Waals surface area contributed by atoms with Gasteiger partial charge in [-0.3, -0.25) is 5.41 Å². The highest BCUT2D eigenvalue weighted by Crippen LogP contribution is 2.30. The molecule has 0 aliphatic rings. The fraction of sp³-hybridized carbons (Fsp3) is 0.333. The minimum absolute atomic E-state index is 0.290. The molecule has 0 radical (unpaired) electrons. The average molecular weight is 288 g/mol. The van der Waals surface area contributed by atoms with Crippen molar-refractivity contribution in [3.8, 4) is 0 Å². The van der Waals surface area contributed by atoms with Crippen LogP contribution in [0.1, 0.15) is 24.0 Å². The number of rotatable bonds is 3. The third kappa shape index (κ3) is 3.42. The van der Waals surface area contributed by atoms with Crippen LogP contribution in [0.25, 0.3) is 0 Å². The van der Waals surface area contributed by atoms with E-state index < -0.39 is 29.8 Å². The fourth-order valence-corrected chi connectivity index (χ4v) is 1.98. The van der Waals surface area contributed by atoms with Crippen molar-refractivity contribution in [2.24, 2.45) is 11.5 Å². The Hall–Kier alpha value is -1.66. The number of amides is 1. The number of benzene rings is 1. The molecule has 2 atom stereocenters. The van der Waals surface area contributed by atoms with Gasteiger partial charge in [-0.05, 0) is 30.2 Å². The van der Waals surface area contributed by atoms with E-state index in [-0.39, 0.29) is 5.56 Å². The number of hydrogen-bond acceptors (Lipinski definition) is 4. The molecular weight excluding hydrogens is 273 g/mol. The highest BCUT2D eigenvalue weighted by Gasteiger charge is 2.26. The Morgan fingerprint density at radius 1 is 1.53 bits per heavy atom. The lowest BCUT2D eigenvalue weighted by molar-refractivity contribution is 0.204. The lowest BCUT2D eigenvalue weighted by Crippen LogP contribution is -2.39. The van der Waals surface area contributed by atoms with Crippen LogP contribution in [0.15, 0.2) is 12.1 Å². The van der Waals surface area contributed by atoms with E-state index in [1.54, 1.807) is 13.8 Å². The first-order valence-corrected chi connectivity index (χ1v) is 5.89. The summed E-state index contributed by atoms with van der Waals surface area (Å²) in [6.45, 7) is 3.27. The van der Waals surface area contributed by atoms with Crippen molar-refractivity contribution in [2.45, 2.75) is 25.8 Å². The first kappa shape index (κ1) is 15.4. The van der Waals surface area contributed by atoms with Crippen LogP contribution in [-0.2, 0) is 4.74 Å². The van der Waals surface area contributed by atoms with E-state index in [0.717, 1.165) is 0 Å². The van der Waals surface area contributed by atoms with Crippen LogP contribution in [0.5, 0.6) is 0 Å². The van der Waals surface area contributed by atoms with Gasteiger partial charge in [-0.1, -0.05) is 18.5 Å². The molecule has 5 N–H and O–H groups in total. The summed E-state index contributed by atoms with van der Waals surface area (Å²) in [4.78, 5) is 10.6. The van der Waals surface area contributed by atoms with Gasteiger partial charge in [0.1, 0.15) is 5.82 Å². The Labute approximate surface area is 115 Å². The summed E-state index contributed by atoms with van der Waals surface area (Å²) in [6, 6.07) is 1.67. The number of halogens is 2. The van der Waals surface area contributed by atoms with E-state index in [1.807, 2.05) is 0 Å². The van der Waals surface area contributed by atoms with Crippen LogP contribution in [0.4, 0.5) is 9.18 Å². The minimum Gasteiger partial charge on any atom is -0.394 e. The first-order valence-electron chi connectivity index (χ1n) is 5.51. The minimum atomic E-state index is -1.13. The van der Waals surface area contributed by atoms with E-state index in [9.17, 15) is 9.18 Å². The van der Waals surface area contributed by atoms with Crippen molar-refractivity contribution in [3.63, 3.8) is 0 Å². The zero-order chi connectivity index (χ0) is 14.7. The van der Waals surface area contributed by atoms with Gasteiger partial charge in [0.2, 0.25) is 5.90 Å². The molecule has 0 fully saturated rings. The summed E-state index contributed by atoms with van der Waals surface area (Å²) in [6.07, 6.45) is -1.13. The molecule has 104 valence electrons. The second kappa shape index (κ2) is 5.99. The largest absolute Gasteiger partial charge is 0.411 e. The molecule has 0 unspecified atom stereocenters. The van der Waals surface area contributed by atoms with Crippen LogP contribution in [0, 0.1) is 18.2 Å². The van der Waals surface area contributed by atoms with Gasteiger partial charge in [-0.2, -0.15) is 0 Å². The van der Waals surface area contributed by atoms with Gasteiger partial charge in [-0.15, -0.1) is 0 Å². The van der Waals surface area contributed by atoms with Gasteiger partial charge in [0.25, 0.3) is 0 Å². The molecule has 0 heterocycles. The molecule has 0 aliphatic carbocycles. The lowest BCUT2D eigenvalue weighted by Gasteiger charge is -2.22. The van der Waals surface area contributed by atoms with Crippen LogP contribution in [0.3, 0.4) is 0 Å². The Morgan fingerprint density at radius 3 is 2.63 bits per heavy atom. The van der Waals surface area contributed by atoms with Crippen LogP contribution in [0.2, 0.25) is 5.02 Å². The second-order valence-corrected chi connectivity index (χ2v) is 4.57. The SMILES string of the molecule is Cc1c(Cl)ccc(F)c1[C@@H](C)[C@H](N)C(=N)OC(N)=O. The van der Waals surface area contributed by atoms with Crippen molar-refractivity contribution in [1.82, 2.24) is 0 Å². The van der Waals surface area contributed by atoms with Crippen molar-refractivity contribution in [3.05, 3.63) is 34.1 Å². The predicted molar refractivity (Wildman–Crippen MR) is 70.9 cm³/mol. The molecule has 7 heteroatoms. The summed E-state index contributed by atoms with van der Waals surface area (Å²) >= 11 is 5.93. The maximum Gasteiger partial charge on any atom is 0.411 e. The molecule has 0 saturated carbocycles. The Balaban J connectivity index is 3.06. The molecule has 1 rings (SSSR count). The number of nitrogens with two attached hydrogens (primary N) is 2. The maximum atomic E-state index is 13.9. The standard InChI is InChI=1S/C12H15ClFN3O2/c1-5-7(13)3-4-8(14)9(5)6(2)10(15)11(16)19-12(17)18/h3-4,6,10,16H,15H2,1-2H3,(H2,17,18)/t6-,10+/m1/s1. The number of primary amides is 1. The molecule has 0 aliphatic heterocycles. The summed E-state index contributed by atoms with van der Waals surface area (Å²) in [5.74, 6) is -1.58. The quantitative estimate of drug-likeness (QED) is 0.587. The summed E-state index contributed by atoms with van der Waals surface area (Å²) in [5.41, 5.74) is 11.4. The normalized spacial score (nSPS) is 13.7. The molecule has 19 heavy (non-hydrogen) atoms. The van der Waals surface area contributed by atoms with Crippen molar-refractivity contribution in [2.75, 3.05) is 0 Å². The molecule has 5 nitrogen and oxygen atoms in total.